The second kappa shape index (κ2) is 9.21. The number of rotatable bonds is 0. The molecule has 0 heterocycles. The maximum Gasteiger partial charge on any atom is 0.161 e. The van der Waals surface area contributed by atoms with Crippen LogP contribution >= 0.6 is 0 Å². The van der Waals surface area contributed by atoms with Crippen LogP contribution in [0.2, 0.25) is 0 Å². The maximum atomic E-state index is 10.9. The molecule has 4 nitrogen and oxygen atoms in total. The van der Waals surface area contributed by atoms with Crippen molar-refractivity contribution >= 4 is 11.6 Å². The number of carbonyl (C=O) groups is 2. The zero-order chi connectivity index (χ0) is 14.1. The van der Waals surface area contributed by atoms with Gasteiger partial charge in [0.1, 0.15) is 12.2 Å². The van der Waals surface area contributed by atoms with Gasteiger partial charge in [0.25, 0.3) is 0 Å². The smallest absolute Gasteiger partial charge is 0.161 e. The topological polar surface area (TPSA) is 74.6 Å². The second-order valence-corrected chi connectivity index (χ2v) is 5.52. The Kier molecular flexibility index (Phi) is 7.91. The zero-order valence-corrected chi connectivity index (χ0v) is 11.6. The lowest BCUT2D eigenvalue weighted by molar-refractivity contribution is -0.128. The summed E-state index contributed by atoms with van der Waals surface area (Å²) in [7, 11) is 0. The van der Waals surface area contributed by atoms with E-state index in [9.17, 15) is 9.59 Å². The average Bonchev–Trinajstić information content (AvgIpc) is 2.57. The molecule has 2 aliphatic rings. The van der Waals surface area contributed by atoms with Crippen molar-refractivity contribution in [2.45, 2.75) is 82.8 Å². The summed E-state index contributed by atoms with van der Waals surface area (Å²) in [6, 6.07) is 0. The van der Waals surface area contributed by atoms with Crippen LogP contribution in [0.5, 0.6) is 0 Å². The van der Waals surface area contributed by atoms with Crippen LogP contribution < -0.4 is 0 Å². The van der Waals surface area contributed by atoms with Gasteiger partial charge in [0.15, 0.2) is 11.6 Å². The highest BCUT2D eigenvalue weighted by molar-refractivity contribution is 5.83. The van der Waals surface area contributed by atoms with Gasteiger partial charge in [-0.2, -0.15) is 0 Å². The molecule has 2 rings (SSSR count). The van der Waals surface area contributed by atoms with Gasteiger partial charge in [-0.15, -0.1) is 0 Å². The molecule has 110 valence electrons. The van der Waals surface area contributed by atoms with Gasteiger partial charge in [0.05, 0.1) is 0 Å². The predicted molar refractivity (Wildman–Crippen MR) is 72.8 cm³/mol. The maximum absolute atomic E-state index is 10.9. The Hall–Kier alpha value is -0.740. The third-order valence-electron chi connectivity index (χ3n) is 3.79. The Labute approximate surface area is 115 Å². The van der Waals surface area contributed by atoms with Crippen LogP contribution in [0.4, 0.5) is 0 Å². The van der Waals surface area contributed by atoms with Crippen molar-refractivity contribution in [3.05, 3.63) is 0 Å². The molecule has 2 aliphatic carbocycles. The first kappa shape index (κ1) is 16.3. The summed E-state index contributed by atoms with van der Waals surface area (Å²) in [5.41, 5.74) is 0. The van der Waals surface area contributed by atoms with Gasteiger partial charge in [0, 0.05) is 12.8 Å². The van der Waals surface area contributed by atoms with E-state index in [1.807, 2.05) is 0 Å². The average molecular weight is 270 g/mol. The molecule has 0 spiro atoms. The van der Waals surface area contributed by atoms with E-state index in [4.69, 9.17) is 10.2 Å². The van der Waals surface area contributed by atoms with Gasteiger partial charge in [-0.3, -0.25) is 9.59 Å². The lowest BCUT2D eigenvalue weighted by atomic mass is 9.98. The summed E-state index contributed by atoms with van der Waals surface area (Å²) in [6.45, 7) is 0. The third-order valence-corrected chi connectivity index (χ3v) is 3.79. The fourth-order valence-electron chi connectivity index (χ4n) is 2.46. The monoisotopic (exact) mass is 270 g/mol. The molecule has 0 aromatic carbocycles. The number of ketones is 2. The highest BCUT2D eigenvalue weighted by Gasteiger charge is 2.17. The second-order valence-electron chi connectivity index (χ2n) is 5.52. The van der Waals surface area contributed by atoms with Gasteiger partial charge in [-0.05, 0) is 25.7 Å². The first-order valence-electron chi connectivity index (χ1n) is 7.53. The molecule has 0 saturated heterocycles. The van der Waals surface area contributed by atoms with Crippen molar-refractivity contribution in [1.82, 2.24) is 0 Å². The Morgan fingerprint density at radius 3 is 1.47 bits per heavy atom. The van der Waals surface area contributed by atoms with E-state index in [0.717, 1.165) is 38.5 Å². The minimum Gasteiger partial charge on any atom is -0.385 e. The largest absolute Gasteiger partial charge is 0.385 e. The summed E-state index contributed by atoms with van der Waals surface area (Å²) in [5, 5.41) is 18.1. The Balaban J connectivity index is 0.000000191. The number of aliphatic hydroxyl groups is 2. The Morgan fingerprint density at radius 1 is 0.632 bits per heavy atom. The summed E-state index contributed by atoms with van der Waals surface area (Å²) in [6.07, 6.45) is 8.60. The summed E-state index contributed by atoms with van der Waals surface area (Å²) >= 11 is 0. The van der Waals surface area contributed by atoms with Crippen LogP contribution in [0.1, 0.15) is 70.6 Å². The lowest BCUT2D eigenvalue weighted by Crippen LogP contribution is -2.21. The molecule has 2 atom stereocenters. The van der Waals surface area contributed by atoms with Crippen LogP contribution in [-0.2, 0) is 9.59 Å². The minimum atomic E-state index is -0.653. The van der Waals surface area contributed by atoms with Gasteiger partial charge in [0.2, 0.25) is 0 Å². The van der Waals surface area contributed by atoms with Crippen molar-refractivity contribution < 1.29 is 19.8 Å². The highest BCUT2D eigenvalue weighted by Crippen LogP contribution is 2.14. The van der Waals surface area contributed by atoms with E-state index in [0.29, 0.717) is 25.7 Å². The molecule has 0 bridgehead atoms. The van der Waals surface area contributed by atoms with Crippen LogP contribution in [0.15, 0.2) is 0 Å². The van der Waals surface area contributed by atoms with Crippen LogP contribution in [0.3, 0.4) is 0 Å². The molecule has 2 unspecified atom stereocenters. The molecular formula is C15H26O4. The molecule has 0 aromatic heterocycles. The molecule has 4 heteroatoms. The minimum absolute atomic E-state index is 0.0347. The molecule has 0 radical (unpaired) electrons. The molecule has 2 N–H and O–H groups in total. The van der Waals surface area contributed by atoms with Crippen molar-refractivity contribution in [2.24, 2.45) is 0 Å². The first-order chi connectivity index (χ1) is 9.11. The zero-order valence-electron chi connectivity index (χ0n) is 11.6. The van der Waals surface area contributed by atoms with Crippen LogP contribution in [0.25, 0.3) is 0 Å². The van der Waals surface area contributed by atoms with Gasteiger partial charge in [-0.25, -0.2) is 0 Å². The highest BCUT2D eigenvalue weighted by atomic mass is 16.3. The SMILES string of the molecule is O=C1CCCCCC1O.O=C1CCCCCCC1O. The summed E-state index contributed by atoms with van der Waals surface area (Å²) in [5.74, 6) is 0.0761. The van der Waals surface area contributed by atoms with Crippen molar-refractivity contribution in [3.8, 4) is 0 Å². The standard InChI is InChI=1S/C8H14O2.C7H12O2/c9-7-5-3-1-2-4-6-8(7)10;8-6-4-2-1-3-5-7(6)9/h7,9H,1-6H2;6,8H,1-5H2. The van der Waals surface area contributed by atoms with E-state index in [1.165, 1.54) is 6.42 Å². The van der Waals surface area contributed by atoms with Crippen LogP contribution in [-0.4, -0.2) is 34.0 Å². The summed E-state index contributed by atoms with van der Waals surface area (Å²) in [4.78, 5) is 21.7. The fourth-order valence-corrected chi connectivity index (χ4v) is 2.46. The fraction of sp³-hybridized carbons (Fsp3) is 0.867. The van der Waals surface area contributed by atoms with Gasteiger partial charge >= 0.3 is 0 Å². The number of aliphatic hydroxyl groups excluding tert-OH is 2. The molecule has 0 aliphatic heterocycles. The van der Waals surface area contributed by atoms with Gasteiger partial charge < -0.3 is 10.2 Å². The number of carbonyl (C=O) groups excluding carboxylic acids is 2. The van der Waals surface area contributed by atoms with E-state index < -0.39 is 12.2 Å². The Morgan fingerprint density at radius 2 is 1.00 bits per heavy atom. The third kappa shape index (κ3) is 6.83. The normalized spacial score (nSPS) is 29.6. The molecule has 0 aromatic rings. The van der Waals surface area contributed by atoms with E-state index in [1.54, 1.807) is 0 Å². The van der Waals surface area contributed by atoms with Gasteiger partial charge in [-0.1, -0.05) is 32.1 Å². The van der Waals surface area contributed by atoms with Crippen molar-refractivity contribution in [1.29, 1.82) is 0 Å². The van der Waals surface area contributed by atoms with Crippen molar-refractivity contribution in [3.63, 3.8) is 0 Å². The molecule has 2 fully saturated rings. The van der Waals surface area contributed by atoms with Crippen molar-refractivity contribution in [2.75, 3.05) is 0 Å². The quantitative estimate of drug-likeness (QED) is 0.661. The van der Waals surface area contributed by atoms with E-state index in [2.05, 4.69) is 0 Å². The van der Waals surface area contributed by atoms with E-state index >= 15 is 0 Å². The van der Waals surface area contributed by atoms with E-state index in [-0.39, 0.29) is 11.6 Å². The molecule has 2 saturated carbocycles. The van der Waals surface area contributed by atoms with Crippen LogP contribution in [0, 0.1) is 0 Å². The molecule has 0 amide bonds. The number of hydrogen-bond acceptors (Lipinski definition) is 4. The molecule has 19 heavy (non-hydrogen) atoms. The number of Topliss-reactive ketones (excluding diaryl/α,β-unsaturated/α-hetero) is 2. The number of hydrogen-bond donors (Lipinski definition) is 2. The summed E-state index contributed by atoms with van der Waals surface area (Å²) < 4.78 is 0. The first-order valence-corrected chi connectivity index (χ1v) is 7.53. The predicted octanol–water partition coefficient (Wildman–Crippen LogP) is 2.15. The lowest BCUT2D eigenvalue weighted by Gasteiger charge is -2.12. The molecular weight excluding hydrogens is 244 g/mol. The Bertz CT molecular complexity index is 288.